The van der Waals surface area contributed by atoms with E-state index in [4.69, 9.17) is 4.74 Å². The van der Waals surface area contributed by atoms with E-state index < -0.39 is 16.7 Å². The average Bonchev–Trinajstić information content (AvgIpc) is 2.59. The van der Waals surface area contributed by atoms with Crippen LogP contribution in [0.25, 0.3) is 0 Å². The third-order valence-corrected chi connectivity index (χ3v) is 3.72. The zero-order valence-corrected chi connectivity index (χ0v) is 14.7. The third kappa shape index (κ3) is 5.28. The first kappa shape index (κ1) is 18.4. The van der Waals surface area contributed by atoms with Gasteiger partial charge in [-0.05, 0) is 52.7 Å². The van der Waals surface area contributed by atoms with E-state index in [1.165, 1.54) is 24.3 Å². The Labute approximate surface area is 151 Å². The van der Waals surface area contributed by atoms with Crippen LogP contribution in [0.1, 0.15) is 15.9 Å². The number of rotatable bonds is 5. The minimum Gasteiger partial charge on any atom is -0.483 e. The fourth-order valence-corrected chi connectivity index (χ4v) is 2.44. The highest BCUT2D eigenvalue weighted by molar-refractivity contribution is 9.10. The predicted molar refractivity (Wildman–Crippen MR) is 93.1 cm³/mol. The second kappa shape index (κ2) is 8.25. The smallest absolute Gasteiger partial charge is 0.276 e. The highest BCUT2D eigenvalue weighted by Gasteiger charge is 2.11. The molecule has 0 saturated heterocycles. The zero-order chi connectivity index (χ0) is 18.4. The van der Waals surface area contributed by atoms with Crippen molar-refractivity contribution in [3.63, 3.8) is 0 Å². The summed E-state index contributed by atoms with van der Waals surface area (Å²) in [5, 5.41) is 10.6. The number of hydrazine groups is 1. The molecular weight excluding hydrogens is 394 g/mol. The second-order valence-electron chi connectivity index (χ2n) is 5.03. The first-order chi connectivity index (χ1) is 11.9. The molecule has 2 aromatic rings. The summed E-state index contributed by atoms with van der Waals surface area (Å²) < 4.78 is 6.07. The molecule has 0 heterocycles. The molecule has 0 atom stereocenters. The average molecular weight is 408 g/mol. The number of ether oxygens (including phenoxy) is 1. The van der Waals surface area contributed by atoms with Crippen molar-refractivity contribution in [2.24, 2.45) is 0 Å². The van der Waals surface area contributed by atoms with Crippen LogP contribution in [0.3, 0.4) is 0 Å². The summed E-state index contributed by atoms with van der Waals surface area (Å²) in [6, 6.07) is 10.4. The summed E-state index contributed by atoms with van der Waals surface area (Å²) >= 11 is 3.33. The lowest BCUT2D eigenvalue weighted by Crippen LogP contribution is -2.43. The first-order valence-corrected chi connectivity index (χ1v) is 7.88. The Morgan fingerprint density at radius 2 is 1.84 bits per heavy atom. The van der Waals surface area contributed by atoms with Crippen LogP contribution in [0.5, 0.6) is 5.75 Å². The second-order valence-corrected chi connectivity index (χ2v) is 5.88. The van der Waals surface area contributed by atoms with Crippen molar-refractivity contribution in [2.45, 2.75) is 6.92 Å². The van der Waals surface area contributed by atoms with Crippen molar-refractivity contribution in [3.8, 4) is 5.75 Å². The van der Waals surface area contributed by atoms with Crippen LogP contribution in [0, 0.1) is 17.0 Å². The quantitative estimate of drug-likeness (QED) is 0.584. The van der Waals surface area contributed by atoms with E-state index in [2.05, 4.69) is 26.8 Å². The largest absolute Gasteiger partial charge is 0.483 e. The molecule has 0 aliphatic rings. The molecular formula is C16H14BrN3O5. The number of nitrogens with zero attached hydrogens (tertiary/aromatic N) is 1. The highest BCUT2D eigenvalue weighted by Crippen LogP contribution is 2.25. The molecule has 2 aromatic carbocycles. The summed E-state index contributed by atoms with van der Waals surface area (Å²) in [6.45, 7) is 1.64. The normalized spacial score (nSPS) is 10.0. The Kier molecular flexibility index (Phi) is 6.07. The lowest BCUT2D eigenvalue weighted by Gasteiger charge is -2.10. The fraction of sp³-hybridized carbons (Fsp3) is 0.125. The molecule has 0 spiro atoms. The van der Waals surface area contributed by atoms with Gasteiger partial charge in [-0.2, -0.15) is 0 Å². The minimum absolute atomic E-state index is 0.127. The van der Waals surface area contributed by atoms with Crippen molar-refractivity contribution in [3.05, 3.63) is 68.2 Å². The maximum atomic E-state index is 11.9. The molecule has 0 aliphatic carbocycles. The molecule has 0 aromatic heterocycles. The van der Waals surface area contributed by atoms with Crippen molar-refractivity contribution < 1.29 is 19.2 Å². The number of nitrogens with one attached hydrogen (secondary N) is 2. The Morgan fingerprint density at radius 3 is 2.44 bits per heavy atom. The van der Waals surface area contributed by atoms with Gasteiger partial charge in [0.2, 0.25) is 0 Å². The lowest BCUT2D eigenvalue weighted by atomic mass is 10.2. The van der Waals surface area contributed by atoms with Gasteiger partial charge in [0, 0.05) is 17.7 Å². The van der Waals surface area contributed by atoms with Crippen LogP contribution in [0.15, 0.2) is 46.9 Å². The van der Waals surface area contributed by atoms with E-state index >= 15 is 0 Å². The number of benzene rings is 2. The number of halogens is 1. The Bertz CT molecular complexity index is 808. The van der Waals surface area contributed by atoms with E-state index in [1.54, 1.807) is 6.07 Å². The standard InChI is InChI=1S/C16H14BrN3O5/c1-10-2-7-14(13(17)8-10)25-9-15(21)18-19-16(22)11-3-5-12(6-4-11)20(23)24/h2-8H,9H2,1H3,(H,18,21)(H,19,22). The van der Waals surface area contributed by atoms with Crippen LogP contribution in [-0.2, 0) is 4.79 Å². The van der Waals surface area contributed by atoms with Gasteiger partial charge in [-0.3, -0.25) is 30.6 Å². The molecule has 0 saturated carbocycles. The van der Waals surface area contributed by atoms with E-state index in [0.717, 1.165) is 10.0 Å². The van der Waals surface area contributed by atoms with E-state index in [0.29, 0.717) is 5.75 Å². The monoisotopic (exact) mass is 407 g/mol. The predicted octanol–water partition coefficient (Wildman–Crippen LogP) is 2.51. The molecule has 130 valence electrons. The number of hydrogen-bond acceptors (Lipinski definition) is 5. The molecule has 9 heteroatoms. The molecule has 0 unspecified atom stereocenters. The van der Waals surface area contributed by atoms with E-state index in [1.807, 2.05) is 19.1 Å². The van der Waals surface area contributed by atoms with Crippen LogP contribution < -0.4 is 15.6 Å². The lowest BCUT2D eigenvalue weighted by molar-refractivity contribution is -0.384. The Hall–Kier alpha value is -2.94. The molecule has 2 rings (SSSR count). The molecule has 8 nitrogen and oxygen atoms in total. The first-order valence-electron chi connectivity index (χ1n) is 7.09. The number of non-ortho nitro benzene ring substituents is 1. The number of nitro benzene ring substituents is 1. The maximum Gasteiger partial charge on any atom is 0.276 e. The van der Waals surface area contributed by atoms with Gasteiger partial charge >= 0.3 is 0 Å². The van der Waals surface area contributed by atoms with Gasteiger partial charge in [0.15, 0.2) is 6.61 Å². The summed E-state index contributed by atoms with van der Waals surface area (Å²) in [5.74, 6) is -0.648. The van der Waals surface area contributed by atoms with Crippen molar-refractivity contribution >= 4 is 33.4 Å². The molecule has 2 N–H and O–H groups in total. The molecule has 25 heavy (non-hydrogen) atoms. The van der Waals surface area contributed by atoms with Crippen molar-refractivity contribution in [2.75, 3.05) is 6.61 Å². The number of carbonyl (C=O) groups excluding carboxylic acids is 2. The van der Waals surface area contributed by atoms with Gasteiger partial charge in [-0.15, -0.1) is 0 Å². The summed E-state index contributed by atoms with van der Waals surface area (Å²) in [7, 11) is 0. The van der Waals surface area contributed by atoms with Gasteiger partial charge in [0.05, 0.1) is 9.40 Å². The Balaban J connectivity index is 1.82. The summed E-state index contributed by atoms with van der Waals surface area (Å²) in [4.78, 5) is 33.6. The van der Waals surface area contributed by atoms with Crippen LogP contribution in [0.2, 0.25) is 0 Å². The molecule has 0 fully saturated rings. The van der Waals surface area contributed by atoms with Crippen molar-refractivity contribution in [1.82, 2.24) is 10.9 Å². The van der Waals surface area contributed by atoms with Crippen LogP contribution >= 0.6 is 15.9 Å². The van der Waals surface area contributed by atoms with Gasteiger partial charge < -0.3 is 4.74 Å². The van der Waals surface area contributed by atoms with E-state index in [9.17, 15) is 19.7 Å². The molecule has 0 bridgehead atoms. The number of aryl methyl sites for hydroxylation is 1. The number of carbonyl (C=O) groups is 2. The van der Waals surface area contributed by atoms with Crippen LogP contribution in [-0.4, -0.2) is 23.3 Å². The van der Waals surface area contributed by atoms with Crippen LogP contribution in [0.4, 0.5) is 5.69 Å². The third-order valence-electron chi connectivity index (χ3n) is 3.10. The van der Waals surface area contributed by atoms with Gasteiger partial charge in [-0.1, -0.05) is 6.07 Å². The zero-order valence-electron chi connectivity index (χ0n) is 13.1. The van der Waals surface area contributed by atoms with E-state index in [-0.39, 0.29) is 17.9 Å². The number of nitro groups is 1. The SMILES string of the molecule is Cc1ccc(OCC(=O)NNC(=O)c2ccc([N+](=O)[O-])cc2)c(Br)c1. The topological polar surface area (TPSA) is 111 Å². The highest BCUT2D eigenvalue weighted by atomic mass is 79.9. The van der Waals surface area contributed by atoms with Gasteiger partial charge in [0.1, 0.15) is 5.75 Å². The summed E-state index contributed by atoms with van der Waals surface area (Å²) in [5.41, 5.74) is 5.50. The van der Waals surface area contributed by atoms with Crippen molar-refractivity contribution in [1.29, 1.82) is 0 Å². The van der Waals surface area contributed by atoms with Gasteiger partial charge in [-0.25, -0.2) is 0 Å². The number of hydrogen-bond donors (Lipinski definition) is 2. The maximum absolute atomic E-state index is 11.9. The summed E-state index contributed by atoms with van der Waals surface area (Å²) in [6.07, 6.45) is 0. The minimum atomic E-state index is -0.597. The molecule has 0 radical (unpaired) electrons. The molecule has 0 aliphatic heterocycles. The fourth-order valence-electron chi connectivity index (χ4n) is 1.84. The molecule has 2 amide bonds. The number of amides is 2. The Morgan fingerprint density at radius 1 is 1.16 bits per heavy atom. The van der Waals surface area contributed by atoms with Gasteiger partial charge in [0.25, 0.3) is 17.5 Å².